The van der Waals surface area contributed by atoms with Crippen molar-refractivity contribution in [3.63, 3.8) is 0 Å². The van der Waals surface area contributed by atoms with Crippen LogP contribution in [0, 0.1) is 18.3 Å². The first-order valence-corrected chi connectivity index (χ1v) is 9.38. The zero-order valence-electron chi connectivity index (χ0n) is 15.9. The Morgan fingerprint density at radius 2 is 2.00 bits per heavy atom. The van der Waals surface area contributed by atoms with E-state index >= 15 is 0 Å². The average molecular weight is 444 g/mol. The van der Waals surface area contributed by atoms with E-state index in [9.17, 15) is 20.0 Å². The average Bonchev–Trinajstić information content (AvgIpc) is 2.72. The molecule has 0 atom stereocenters. The first kappa shape index (κ1) is 21.4. The number of aromatic nitrogens is 2. The van der Waals surface area contributed by atoms with Crippen LogP contribution < -0.4 is 10.3 Å². The fraction of sp³-hybridized carbons (Fsp3) is 0.143. The molecular formula is C21H15Cl2N3O4. The lowest BCUT2D eigenvalue weighted by molar-refractivity contribution is 0.103. The highest BCUT2D eigenvalue weighted by atomic mass is 35.5. The van der Waals surface area contributed by atoms with Crippen LogP contribution in [0.3, 0.4) is 0 Å². The number of methoxy groups -OCH3 is 1. The summed E-state index contributed by atoms with van der Waals surface area (Å²) in [7, 11) is 1.39. The van der Waals surface area contributed by atoms with Crippen LogP contribution in [-0.4, -0.2) is 27.6 Å². The van der Waals surface area contributed by atoms with E-state index in [0.717, 1.165) is 4.57 Å². The van der Waals surface area contributed by atoms with Crippen molar-refractivity contribution in [1.29, 1.82) is 5.26 Å². The Morgan fingerprint density at radius 1 is 1.33 bits per heavy atom. The SMILES string of the molecule is COc1c(Cl)cc(C(=O)c2c(C)c(C#N)c(=O)n(Cc3cccnc3)c2O)cc1Cl. The smallest absolute Gasteiger partial charge is 0.271 e. The minimum Gasteiger partial charge on any atom is -0.494 e. The Morgan fingerprint density at radius 3 is 2.53 bits per heavy atom. The fourth-order valence-electron chi connectivity index (χ4n) is 3.07. The molecular weight excluding hydrogens is 429 g/mol. The summed E-state index contributed by atoms with van der Waals surface area (Å²) in [6, 6.07) is 7.88. The van der Waals surface area contributed by atoms with Crippen LogP contribution in [0.25, 0.3) is 0 Å². The number of ether oxygens (including phenoxy) is 1. The van der Waals surface area contributed by atoms with Crippen molar-refractivity contribution in [2.75, 3.05) is 7.11 Å². The zero-order valence-corrected chi connectivity index (χ0v) is 17.5. The lowest BCUT2D eigenvalue weighted by Crippen LogP contribution is -2.27. The number of rotatable bonds is 5. The Kier molecular flexibility index (Phi) is 6.11. The summed E-state index contributed by atoms with van der Waals surface area (Å²) in [5, 5.41) is 20.5. The molecule has 1 aromatic carbocycles. The molecule has 0 aliphatic rings. The quantitative estimate of drug-likeness (QED) is 0.602. The minimum absolute atomic E-state index is 0.0653. The van der Waals surface area contributed by atoms with Gasteiger partial charge in [-0.15, -0.1) is 0 Å². The molecule has 1 N–H and O–H groups in total. The Labute approximate surface area is 181 Å². The van der Waals surface area contributed by atoms with Gasteiger partial charge in [-0.1, -0.05) is 29.3 Å². The van der Waals surface area contributed by atoms with E-state index in [2.05, 4.69) is 4.98 Å². The van der Waals surface area contributed by atoms with Gasteiger partial charge in [-0.05, 0) is 36.2 Å². The minimum atomic E-state index is -0.710. The molecule has 30 heavy (non-hydrogen) atoms. The van der Waals surface area contributed by atoms with Gasteiger partial charge in [-0.3, -0.25) is 19.1 Å². The molecule has 7 nitrogen and oxygen atoms in total. The standard InChI is InChI=1S/C21H15Cl2N3O4/c1-11-14(8-24)20(28)26(10-12-4-3-5-25-9-12)21(29)17(11)18(27)13-6-15(22)19(30-2)16(23)7-13/h3-7,9,29H,10H2,1-2H3. The molecule has 9 heteroatoms. The van der Waals surface area contributed by atoms with Crippen LogP contribution in [0.5, 0.6) is 11.6 Å². The second-order valence-electron chi connectivity index (χ2n) is 6.37. The number of hydrogen-bond acceptors (Lipinski definition) is 6. The van der Waals surface area contributed by atoms with Crippen molar-refractivity contribution in [2.24, 2.45) is 0 Å². The lowest BCUT2D eigenvalue weighted by Gasteiger charge is -2.16. The van der Waals surface area contributed by atoms with Gasteiger partial charge in [-0.25, -0.2) is 0 Å². The first-order chi connectivity index (χ1) is 14.3. The highest BCUT2D eigenvalue weighted by molar-refractivity contribution is 6.38. The fourth-order valence-corrected chi connectivity index (χ4v) is 3.72. The number of carbonyl (C=O) groups excluding carboxylic acids is 1. The number of pyridine rings is 2. The van der Waals surface area contributed by atoms with Gasteiger partial charge in [0.2, 0.25) is 5.88 Å². The van der Waals surface area contributed by atoms with Crippen LogP contribution in [0.4, 0.5) is 0 Å². The summed E-state index contributed by atoms with van der Waals surface area (Å²) in [6.07, 6.45) is 3.08. The van der Waals surface area contributed by atoms with E-state index in [-0.39, 0.29) is 44.6 Å². The number of nitrogens with zero attached hydrogens (tertiary/aromatic N) is 3. The third kappa shape index (κ3) is 3.75. The summed E-state index contributed by atoms with van der Waals surface area (Å²) >= 11 is 12.3. The van der Waals surface area contributed by atoms with E-state index in [1.807, 2.05) is 6.07 Å². The Hall–Kier alpha value is -3.34. The van der Waals surface area contributed by atoms with Crippen molar-refractivity contribution in [3.8, 4) is 17.7 Å². The largest absolute Gasteiger partial charge is 0.494 e. The summed E-state index contributed by atoms with van der Waals surface area (Å²) in [6.45, 7) is 1.35. The molecule has 3 aromatic rings. The molecule has 0 aliphatic heterocycles. The van der Waals surface area contributed by atoms with Gasteiger partial charge < -0.3 is 9.84 Å². The highest BCUT2D eigenvalue weighted by Gasteiger charge is 2.26. The second-order valence-corrected chi connectivity index (χ2v) is 7.18. The van der Waals surface area contributed by atoms with Gasteiger partial charge in [0.05, 0.1) is 29.3 Å². The molecule has 2 heterocycles. The van der Waals surface area contributed by atoms with E-state index in [1.165, 1.54) is 32.4 Å². The molecule has 152 valence electrons. The van der Waals surface area contributed by atoms with Gasteiger partial charge in [0.15, 0.2) is 11.5 Å². The third-order valence-electron chi connectivity index (χ3n) is 4.56. The molecule has 0 spiro atoms. The summed E-state index contributed by atoms with van der Waals surface area (Å²) in [4.78, 5) is 29.9. The van der Waals surface area contributed by atoms with Crippen molar-refractivity contribution in [2.45, 2.75) is 13.5 Å². The maximum absolute atomic E-state index is 13.2. The van der Waals surface area contributed by atoms with Crippen LogP contribution in [0.2, 0.25) is 10.0 Å². The number of carbonyl (C=O) groups is 1. The monoisotopic (exact) mass is 443 g/mol. The Bertz CT molecular complexity index is 1220. The number of hydrogen-bond donors (Lipinski definition) is 1. The number of ketones is 1. The molecule has 0 bridgehead atoms. The van der Waals surface area contributed by atoms with Crippen molar-refractivity contribution < 1.29 is 14.6 Å². The molecule has 0 saturated carbocycles. The van der Waals surface area contributed by atoms with Crippen molar-refractivity contribution in [3.05, 3.63) is 84.9 Å². The zero-order chi connectivity index (χ0) is 22.0. The van der Waals surface area contributed by atoms with Crippen LogP contribution >= 0.6 is 23.2 Å². The van der Waals surface area contributed by atoms with Crippen LogP contribution in [-0.2, 0) is 6.54 Å². The number of nitriles is 1. The molecule has 0 aliphatic carbocycles. The molecule has 0 unspecified atom stereocenters. The van der Waals surface area contributed by atoms with E-state index in [0.29, 0.717) is 5.56 Å². The molecule has 0 fully saturated rings. The molecule has 0 amide bonds. The third-order valence-corrected chi connectivity index (χ3v) is 5.12. The van der Waals surface area contributed by atoms with E-state index < -0.39 is 17.2 Å². The van der Waals surface area contributed by atoms with Crippen molar-refractivity contribution >= 4 is 29.0 Å². The van der Waals surface area contributed by atoms with Crippen LogP contribution in [0.1, 0.15) is 32.6 Å². The molecule has 0 radical (unpaired) electrons. The normalized spacial score (nSPS) is 10.5. The van der Waals surface area contributed by atoms with Gasteiger partial charge >= 0.3 is 0 Å². The topological polar surface area (TPSA) is 105 Å². The maximum Gasteiger partial charge on any atom is 0.271 e. The second kappa shape index (κ2) is 8.57. The predicted molar refractivity (Wildman–Crippen MR) is 112 cm³/mol. The molecule has 0 saturated heterocycles. The molecule has 2 aromatic heterocycles. The lowest BCUT2D eigenvalue weighted by atomic mass is 9.97. The number of benzene rings is 1. The molecule has 3 rings (SSSR count). The van der Waals surface area contributed by atoms with Crippen molar-refractivity contribution in [1.82, 2.24) is 9.55 Å². The summed E-state index contributed by atoms with van der Waals surface area (Å²) in [5.41, 5.74) is -0.400. The number of aromatic hydroxyl groups is 1. The maximum atomic E-state index is 13.2. The van der Waals surface area contributed by atoms with Gasteiger partial charge in [-0.2, -0.15) is 5.26 Å². The highest BCUT2D eigenvalue weighted by Crippen LogP contribution is 2.35. The van der Waals surface area contributed by atoms with Gasteiger partial charge in [0.25, 0.3) is 5.56 Å². The first-order valence-electron chi connectivity index (χ1n) is 8.63. The van der Waals surface area contributed by atoms with E-state index in [1.54, 1.807) is 18.3 Å². The summed E-state index contributed by atoms with van der Waals surface area (Å²) < 4.78 is 6.04. The van der Waals surface area contributed by atoms with Gasteiger partial charge in [0.1, 0.15) is 11.6 Å². The van der Waals surface area contributed by atoms with Crippen LogP contribution in [0.15, 0.2) is 41.5 Å². The van der Waals surface area contributed by atoms with E-state index in [4.69, 9.17) is 27.9 Å². The Balaban J connectivity index is 2.22. The van der Waals surface area contributed by atoms with Gasteiger partial charge in [0, 0.05) is 18.0 Å². The predicted octanol–water partition coefficient (Wildman–Crippen LogP) is 3.72. The summed E-state index contributed by atoms with van der Waals surface area (Å²) in [5.74, 6) is -1.00. The number of halogens is 2.